The van der Waals surface area contributed by atoms with E-state index in [0.29, 0.717) is 4.47 Å². The Kier molecular flexibility index (Phi) is 4.73. The van der Waals surface area contributed by atoms with Crippen LogP contribution in [-0.2, 0) is 10.0 Å². The Morgan fingerprint density at radius 2 is 2.06 bits per heavy atom. The van der Waals surface area contributed by atoms with E-state index in [1.807, 2.05) is 0 Å². The Bertz CT molecular complexity index is 500. The zero-order valence-corrected chi connectivity index (χ0v) is 12.6. The Morgan fingerprint density at radius 3 is 2.56 bits per heavy atom. The van der Waals surface area contributed by atoms with Crippen molar-refractivity contribution in [1.82, 2.24) is 4.31 Å². The Labute approximate surface area is 112 Å². The Balaban J connectivity index is 3.22. The largest absolute Gasteiger partial charge is 0.244 e. The van der Waals surface area contributed by atoms with Gasteiger partial charge in [-0.25, -0.2) is 8.42 Å². The molecule has 0 saturated heterocycles. The highest BCUT2D eigenvalue weighted by Crippen LogP contribution is 2.27. The van der Waals surface area contributed by atoms with Crippen LogP contribution in [0.2, 0.25) is 0 Å². The van der Waals surface area contributed by atoms with Gasteiger partial charge in [0.25, 0.3) is 0 Å². The summed E-state index contributed by atoms with van der Waals surface area (Å²) in [5.74, 6) is 0. The molecule has 1 aromatic rings. The zero-order valence-electron chi connectivity index (χ0n) is 8.65. The molecule has 6 heteroatoms. The van der Waals surface area contributed by atoms with Crippen LogP contribution in [0.5, 0.6) is 0 Å². The molecule has 1 rings (SSSR count). The summed E-state index contributed by atoms with van der Waals surface area (Å²) in [6, 6.07) is 4.96. The van der Waals surface area contributed by atoms with Gasteiger partial charge in [0.1, 0.15) is 0 Å². The van der Waals surface area contributed by atoms with E-state index < -0.39 is 10.0 Å². The fourth-order valence-electron chi connectivity index (χ4n) is 1.13. The van der Waals surface area contributed by atoms with Crippen molar-refractivity contribution in [2.24, 2.45) is 0 Å². The van der Waals surface area contributed by atoms with Gasteiger partial charge in [-0.05, 0) is 34.1 Å². The minimum absolute atomic E-state index is 0.250. The smallest absolute Gasteiger partial charge is 0.207 e. The number of hydrogen-bond donors (Lipinski definition) is 0. The summed E-state index contributed by atoms with van der Waals surface area (Å²) in [5, 5.41) is 0. The zero-order chi connectivity index (χ0) is 12.3. The highest BCUT2D eigenvalue weighted by atomic mass is 79.9. The average Bonchev–Trinajstić information content (AvgIpc) is 2.17. The molecule has 0 radical (unpaired) electrons. The number of nitrogens with zero attached hydrogens (tertiary/aromatic N) is 1. The second-order valence-electron chi connectivity index (χ2n) is 3.15. The number of halogens is 2. The Morgan fingerprint density at radius 1 is 1.44 bits per heavy atom. The summed E-state index contributed by atoms with van der Waals surface area (Å²) in [5.41, 5.74) is 0. The summed E-state index contributed by atoms with van der Waals surface area (Å²) in [4.78, 5) is 0.250. The molecule has 0 amide bonds. The first kappa shape index (κ1) is 13.9. The maximum atomic E-state index is 12.1. The number of sulfonamides is 1. The van der Waals surface area contributed by atoms with Crippen molar-refractivity contribution in [3.05, 3.63) is 39.8 Å². The quantitative estimate of drug-likeness (QED) is 0.766. The van der Waals surface area contributed by atoms with Crippen molar-refractivity contribution in [2.45, 2.75) is 4.90 Å². The molecule has 0 aliphatic heterocycles. The van der Waals surface area contributed by atoms with Gasteiger partial charge in [-0.15, -0.1) is 6.58 Å². The second kappa shape index (κ2) is 5.44. The molecular weight excluding hydrogens is 358 g/mol. The van der Waals surface area contributed by atoms with Crippen LogP contribution in [0.1, 0.15) is 0 Å². The lowest BCUT2D eigenvalue weighted by molar-refractivity contribution is 0.499. The molecule has 0 heterocycles. The van der Waals surface area contributed by atoms with Crippen LogP contribution < -0.4 is 0 Å². The van der Waals surface area contributed by atoms with E-state index in [2.05, 4.69) is 38.4 Å². The summed E-state index contributed by atoms with van der Waals surface area (Å²) in [6.45, 7) is 3.80. The minimum atomic E-state index is -3.45. The van der Waals surface area contributed by atoms with Crippen LogP contribution in [0, 0.1) is 0 Å². The SMILES string of the molecule is C=CCN(C)S(=O)(=O)c1ccc(Br)cc1Br. The van der Waals surface area contributed by atoms with Crippen LogP contribution in [-0.4, -0.2) is 26.3 Å². The minimum Gasteiger partial charge on any atom is -0.207 e. The van der Waals surface area contributed by atoms with Crippen LogP contribution >= 0.6 is 31.9 Å². The highest BCUT2D eigenvalue weighted by Gasteiger charge is 2.22. The molecule has 0 saturated carbocycles. The number of benzene rings is 1. The average molecular weight is 369 g/mol. The third-order valence-electron chi connectivity index (χ3n) is 1.97. The van der Waals surface area contributed by atoms with Crippen molar-refractivity contribution in [3.63, 3.8) is 0 Å². The number of rotatable bonds is 4. The van der Waals surface area contributed by atoms with Gasteiger partial charge in [-0.3, -0.25) is 0 Å². The van der Waals surface area contributed by atoms with E-state index in [4.69, 9.17) is 0 Å². The van der Waals surface area contributed by atoms with Crippen LogP contribution in [0.25, 0.3) is 0 Å². The molecule has 0 N–H and O–H groups in total. The molecule has 16 heavy (non-hydrogen) atoms. The van der Waals surface area contributed by atoms with E-state index in [-0.39, 0.29) is 11.4 Å². The van der Waals surface area contributed by atoms with E-state index in [9.17, 15) is 8.42 Å². The lowest BCUT2D eigenvalue weighted by Crippen LogP contribution is -2.27. The topological polar surface area (TPSA) is 37.4 Å². The van der Waals surface area contributed by atoms with Gasteiger partial charge >= 0.3 is 0 Å². The Hall–Kier alpha value is -0.170. The van der Waals surface area contributed by atoms with Crippen molar-refractivity contribution >= 4 is 41.9 Å². The van der Waals surface area contributed by atoms with Crippen LogP contribution in [0.3, 0.4) is 0 Å². The van der Waals surface area contributed by atoms with Crippen molar-refractivity contribution < 1.29 is 8.42 Å². The fourth-order valence-corrected chi connectivity index (χ4v) is 3.98. The van der Waals surface area contributed by atoms with Crippen molar-refractivity contribution in [2.75, 3.05) is 13.6 Å². The standard InChI is InChI=1S/C10H11Br2NO2S/c1-3-6-13(2)16(14,15)10-5-4-8(11)7-9(10)12/h3-5,7H,1,6H2,2H3. The summed E-state index contributed by atoms with van der Waals surface area (Å²) >= 11 is 6.52. The van der Waals surface area contributed by atoms with Gasteiger partial charge in [0.15, 0.2) is 0 Å². The van der Waals surface area contributed by atoms with Crippen molar-refractivity contribution in [3.8, 4) is 0 Å². The first-order chi connectivity index (χ1) is 7.39. The molecular formula is C10H11Br2NO2S. The van der Waals surface area contributed by atoms with Gasteiger partial charge < -0.3 is 0 Å². The van der Waals surface area contributed by atoms with Crippen molar-refractivity contribution in [1.29, 1.82) is 0 Å². The predicted octanol–water partition coefficient (Wildman–Crippen LogP) is 3.02. The first-order valence-corrected chi connectivity index (χ1v) is 7.44. The van der Waals surface area contributed by atoms with Gasteiger partial charge in [0.2, 0.25) is 10.0 Å². The maximum absolute atomic E-state index is 12.1. The molecule has 0 aliphatic carbocycles. The molecule has 0 fully saturated rings. The van der Waals surface area contributed by atoms with E-state index >= 15 is 0 Å². The third kappa shape index (κ3) is 2.94. The highest BCUT2D eigenvalue weighted by molar-refractivity contribution is 9.11. The second-order valence-corrected chi connectivity index (χ2v) is 6.93. The summed E-state index contributed by atoms with van der Waals surface area (Å²) in [7, 11) is -1.93. The molecule has 88 valence electrons. The lowest BCUT2D eigenvalue weighted by Gasteiger charge is -2.16. The van der Waals surface area contributed by atoms with E-state index in [0.717, 1.165) is 4.47 Å². The van der Waals surface area contributed by atoms with Gasteiger partial charge in [-0.1, -0.05) is 22.0 Å². The molecule has 0 unspecified atom stereocenters. The molecule has 0 bridgehead atoms. The number of hydrogen-bond acceptors (Lipinski definition) is 2. The van der Waals surface area contributed by atoms with Crippen LogP contribution in [0.4, 0.5) is 0 Å². The molecule has 0 atom stereocenters. The van der Waals surface area contributed by atoms with Gasteiger partial charge in [0, 0.05) is 22.5 Å². The first-order valence-electron chi connectivity index (χ1n) is 4.42. The number of likely N-dealkylation sites (N-methyl/N-ethyl adjacent to an activating group) is 1. The normalized spacial score (nSPS) is 11.8. The fraction of sp³-hybridized carbons (Fsp3) is 0.200. The van der Waals surface area contributed by atoms with Gasteiger partial charge in [0.05, 0.1) is 4.90 Å². The summed E-state index contributed by atoms with van der Waals surface area (Å²) < 4.78 is 26.8. The molecule has 1 aromatic carbocycles. The molecule has 0 aliphatic rings. The predicted molar refractivity (Wildman–Crippen MR) is 71.9 cm³/mol. The molecule has 3 nitrogen and oxygen atoms in total. The molecule has 0 spiro atoms. The van der Waals surface area contributed by atoms with E-state index in [1.54, 1.807) is 24.3 Å². The molecule has 0 aromatic heterocycles. The van der Waals surface area contributed by atoms with Gasteiger partial charge in [-0.2, -0.15) is 4.31 Å². The monoisotopic (exact) mass is 367 g/mol. The third-order valence-corrected chi connectivity index (χ3v) is 5.26. The maximum Gasteiger partial charge on any atom is 0.244 e. The lowest BCUT2D eigenvalue weighted by atomic mass is 10.4. The van der Waals surface area contributed by atoms with E-state index in [1.165, 1.54) is 11.4 Å². The summed E-state index contributed by atoms with van der Waals surface area (Å²) in [6.07, 6.45) is 1.55. The van der Waals surface area contributed by atoms with Crippen LogP contribution in [0.15, 0.2) is 44.7 Å².